The van der Waals surface area contributed by atoms with E-state index in [1.807, 2.05) is 0 Å². The van der Waals surface area contributed by atoms with Crippen LogP contribution in [-0.4, -0.2) is 32.3 Å². The third kappa shape index (κ3) is 6.70. The number of anilines is 1. The molecule has 0 aliphatic carbocycles. The van der Waals surface area contributed by atoms with E-state index in [9.17, 15) is 36.3 Å². The van der Waals surface area contributed by atoms with Crippen LogP contribution in [0.4, 0.5) is 27.8 Å². The molecule has 14 heteroatoms. The number of Topliss-reactive ketones (excluding diaryl/α,β-unsaturated/α-hetero) is 1. The molecular formula is C28H24F5N5O4. The summed E-state index contributed by atoms with van der Waals surface area (Å²) in [7, 11) is 0. The van der Waals surface area contributed by atoms with Gasteiger partial charge in [-0.2, -0.15) is 13.2 Å². The van der Waals surface area contributed by atoms with Gasteiger partial charge in [0.15, 0.2) is 11.6 Å². The summed E-state index contributed by atoms with van der Waals surface area (Å²) < 4.78 is 74.3. The molecule has 220 valence electrons. The molecule has 0 fully saturated rings. The van der Waals surface area contributed by atoms with E-state index in [1.54, 1.807) is 13.8 Å². The summed E-state index contributed by atoms with van der Waals surface area (Å²) in [6, 6.07) is 6.82. The second-order valence-corrected chi connectivity index (χ2v) is 9.52. The first-order valence-corrected chi connectivity index (χ1v) is 12.5. The van der Waals surface area contributed by atoms with Gasteiger partial charge in [0.1, 0.15) is 17.4 Å². The normalized spacial score (nSPS) is 12.2. The van der Waals surface area contributed by atoms with E-state index in [4.69, 9.17) is 4.52 Å². The number of hydrogen-bond acceptors (Lipinski definition) is 6. The predicted octanol–water partition coefficient (Wildman–Crippen LogP) is 5.40. The van der Waals surface area contributed by atoms with Gasteiger partial charge in [0.2, 0.25) is 5.82 Å². The van der Waals surface area contributed by atoms with E-state index < -0.39 is 52.5 Å². The number of amides is 2. The van der Waals surface area contributed by atoms with Gasteiger partial charge >= 0.3 is 6.18 Å². The highest BCUT2D eigenvalue weighted by atomic mass is 19.4. The number of aryl methyl sites for hydroxylation is 1. The van der Waals surface area contributed by atoms with Crippen LogP contribution < -0.4 is 10.6 Å². The number of carbonyl (C=O) groups excluding carboxylic acids is 3. The third-order valence-electron chi connectivity index (χ3n) is 6.34. The van der Waals surface area contributed by atoms with Gasteiger partial charge < -0.3 is 19.7 Å². The Morgan fingerprint density at radius 2 is 1.76 bits per heavy atom. The van der Waals surface area contributed by atoms with Gasteiger partial charge in [0.05, 0.1) is 30.5 Å². The molecule has 0 bridgehead atoms. The average Bonchev–Trinajstić information content (AvgIpc) is 3.55. The minimum absolute atomic E-state index is 0.0875. The number of hydrogen-bond donors (Lipinski definition) is 2. The summed E-state index contributed by atoms with van der Waals surface area (Å²) in [6.45, 7) is 4.07. The Bertz CT molecular complexity index is 1650. The fourth-order valence-corrected chi connectivity index (χ4v) is 4.42. The standard InChI is InChI=1S/C28H24F5N5O4/c1-14-4-5-19(29)11-22(14)16(3)23-24(37-26(40)17-8-18(28(31,32)33)10-20(30)9-17)36-25(38(23)13-15(2)39)27(41)34-12-21-6-7-35-42-21/h4-11,16H,12-13H2,1-3H3,(H,34,41)(H,37,40)/t16-/m0/s1. The van der Waals surface area contributed by atoms with Crippen molar-refractivity contribution in [3.63, 3.8) is 0 Å². The van der Waals surface area contributed by atoms with Gasteiger partial charge in [0.25, 0.3) is 11.8 Å². The van der Waals surface area contributed by atoms with Crippen molar-refractivity contribution < 1.29 is 40.9 Å². The molecule has 2 aromatic carbocycles. The second-order valence-electron chi connectivity index (χ2n) is 9.52. The van der Waals surface area contributed by atoms with Crippen LogP contribution in [-0.2, 0) is 24.1 Å². The molecule has 0 saturated heterocycles. The van der Waals surface area contributed by atoms with E-state index >= 15 is 0 Å². The number of nitrogens with one attached hydrogen (secondary N) is 2. The van der Waals surface area contributed by atoms with E-state index in [0.29, 0.717) is 29.0 Å². The van der Waals surface area contributed by atoms with Gasteiger partial charge in [-0.1, -0.05) is 18.1 Å². The van der Waals surface area contributed by atoms with Gasteiger partial charge in [-0.3, -0.25) is 14.4 Å². The largest absolute Gasteiger partial charge is 0.416 e. The van der Waals surface area contributed by atoms with Crippen LogP contribution in [0.1, 0.15) is 68.9 Å². The topological polar surface area (TPSA) is 119 Å². The summed E-state index contributed by atoms with van der Waals surface area (Å²) in [6.07, 6.45) is -3.56. The first-order chi connectivity index (χ1) is 19.7. The Kier molecular flexibility index (Phi) is 8.54. The number of nitrogens with zero attached hydrogens (tertiary/aromatic N) is 3. The van der Waals surface area contributed by atoms with Crippen LogP contribution in [0, 0.1) is 18.6 Å². The van der Waals surface area contributed by atoms with Gasteiger partial charge in [-0.25, -0.2) is 13.8 Å². The zero-order valence-corrected chi connectivity index (χ0v) is 22.5. The molecule has 0 radical (unpaired) electrons. The number of ketones is 1. The van der Waals surface area contributed by atoms with Gasteiger partial charge in [0, 0.05) is 17.5 Å². The number of carbonyl (C=O) groups is 3. The van der Waals surface area contributed by atoms with Crippen molar-refractivity contribution in [3.05, 3.63) is 99.8 Å². The molecule has 4 rings (SSSR count). The number of imidazole rings is 1. The van der Waals surface area contributed by atoms with Crippen LogP contribution in [0.3, 0.4) is 0 Å². The van der Waals surface area contributed by atoms with Gasteiger partial charge in [-0.05, 0) is 55.3 Å². The molecule has 42 heavy (non-hydrogen) atoms. The summed E-state index contributed by atoms with van der Waals surface area (Å²) in [4.78, 5) is 42.9. The van der Waals surface area contributed by atoms with Crippen molar-refractivity contribution in [2.24, 2.45) is 0 Å². The summed E-state index contributed by atoms with van der Waals surface area (Å²) in [5.41, 5.74) is -0.905. The summed E-state index contributed by atoms with van der Waals surface area (Å²) in [5, 5.41) is 8.46. The summed E-state index contributed by atoms with van der Waals surface area (Å²) in [5.74, 6) is -5.34. The molecular weight excluding hydrogens is 565 g/mol. The maximum Gasteiger partial charge on any atom is 0.416 e. The smallest absolute Gasteiger partial charge is 0.360 e. The van der Waals surface area contributed by atoms with Crippen molar-refractivity contribution in [3.8, 4) is 0 Å². The molecule has 0 spiro atoms. The molecule has 0 aliphatic rings. The third-order valence-corrected chi connectivity index (χ3v) is 6.34. The minimum atomic E-state index is -4.93. The predicted molar refractivity (Wildman–Crippen MR) is 139 cm³/mol. The average molecular weight is 590 g/mol. The van der Waals surface area contributed by atoms with Crippen molar-refractivity contribution in [2.45, 2.75) is 46.0 Å². The van der Waals surface area contributed by atoms with Crippen LogP contribution in [0.2, 0.25) is 0 Å². The zero-order valence-electron chi connectivity index (χ0n) is 22.5. The lowest BCUT2D eigenvalue weighted by molar-refractivity contribution is -0.137. The van der Waals surface area contributed by atoms with E-state index in [0.717, 1.165) is 0 Å². The van der Waals surface area contributed by atoms with E-state index in [2.05, 4.69) is 20.8 Å². The number of aromatic nitrogens is 3. The fourth-order valence-electron chi connectivity index (χ4n) is 4.42. The lowest BCUT2D eigenvalue weighted by Crippen LogP contribution is -2.28. The monoisotopic (exact) mass is 589 g/mol. The van der Waals surface area contributed by atoms with Crippen LogP contribution in [0.5, 0.6) is 0 Å². The van der Waals surface area contributed by atoms with E-state index in [-0.39, 0.29) is 36.5 Å². The van der Waals surface area contributed by atoms with Crippen molar-refractivity contribution in [1.82, 2.24) is 20.0 Å². The van der Waals surface area contributed by atoms with Crippen LogP contribution >= 0.6 is 0 Å². The molecule has 2 amide bonds. The number of alkyl halides is 3. The minimum Gasteiger partial charge on any atom is -0.360 e. The molecule has 2 heterocycles. The molecule has 2 aromatic heterocycles. The highest BCUT2D eigenvalue weighted by Gasteiger charge is 2.33. The first kappa shape index (κ1) is 30.1. The van der Waals surface area contributed by atoms with Crippen LogP contribution in [0.15, 0.2) is 53.2 Å². The summed E-state index contributed by atoms with van der Waals surface area (Å²) >= 11 is 0. The molecule has 0 aliphatic heterocycles. The molecule has 0 unspecified atom stereocenters. The Hall–Kier alpha value is -4.88. The second kappa shape index (κ2) is 11.9. The Balaban J connectivity index is 1.83. The lowest BCUT2D eigenvalue weighted by Gasteiger charge is -2.19. The highest BCUT2D eigenvalue weighted by Crippen LogP contribution is 2.35. The molecule has 9 nitrogen and oxygen atoms in total. The highest BCUT2D eigenvalue weighted by molar-refractivity contribution is 6.05. The van der Waals surface area contributed by atoms with Crippen molar-refractivity contribution >= 4 is 23.4 Å². The fraction of sp³-hybridized carbons (Fsp3) is 0.250. The van der Waals surface area contributed by atoms with Gasteiger partial charge in [-0.15, -0.1) is 0 Å². The molecule has 0 saturated carbocycles. The SMILES string of the molecule is CC(=O)Cn1c(C(=O)NCc2ccno2)nc(NC(=O)c2cc(F)cc(C(F)(F)F)c2)c1[C@@H](C)c1cc(F)ccc1C. The number of rotatable bonds is 9. The molecule has 2 N–H and O–H groups in total. The van der Waals surface area contributed by atoms with Crippen LogP contribution in [0.25, 0.3) is 0 Å². The first-order valence-electron chi connectivity index (χ1n) is 12.5. The molecule has 1 atom stereocenters. The zero-order chi connectivity index (χ0) is 30.8. The number of halogens is 5. The number of benzene rings is 2. The Labute approximate surface area is 235 Å². The lowest BCUT2D eigenvalue weighted by atomic mass is 9.93. The quantitative estimate of drug-likeness (QED) is 0.253. The maximum atomic E-state index is 14.3. The van der Waals surface area contributed by atoms with E-state index in [1.165, 1.54) is 42.0 Å². The Morgan fingerprint density at radius 1 is 1.02 bits per heavy atom. The molecule has 4 aromatic rings. The van der Waals surface area contributed by atoms with Crippen molar-refractivity contribution in [1.29, 1.82) is 0 Å². The van der Waals surface area contributed by atoms with Crippen molar-refractivity contribution in [2.75, 3.05) is 5.32 Å². The Morgan fingerprint density at radius 3 is 2.40 bits per heavy atom. The maximum absolute atomic E-state index is 14.3.